The molecule has 1 aliphatic rings. The van der Waals surface area contributed by atoms with Crippen LogP contribution in [0.1, 0.15) is 28.3 Å². The standard InChI is InChI=1S/C32H26N2O4/c35-28(17-16-23-9-3-1-4-10-23)29-30(34(32(37)31(29)36)21-25-13-8-18-33-20-25)26-14-7-15-27(19-26)38-22-24-11-5-2-6-12-24/h1-20,30,36H,21-22H2/b17-16+. The molecule has 6 nitrogen and oxygen atoms in total. The number of benzene rings is 3. The highest BCUT2D eigenvalue weighted by Crippen LogP contribution is 2.40. The molecule has 0 aliphatic carbocycles. The molecule has 188 valence electrons. The van der Waals surface area contributed by atoms with Gasteiger partial charge in [0, 0.05) is 18.9 Å². The summed E-state index contributed by atoms with van der Waals surface area (Å²) in [7, 11) is 0. The maximum absolute atomic E-state index is 13.4. The van der Waals surface area contributed by atoms with Crippen LogP contribution < -0.4 is 4.74 Å². The van der Waals surface area contributed by atoms with Gasteiger partial charge >= 0.3 is 0 Å². The number of pyridine rings is 1. The van der Waals surface area contributed by atoms with E-state index in [2.05, 4.69) is 4.98 Å². The number of aliphatic hydroxyl groups excluding tert-OH is 1. The van der Waals surface area contributed by atoms with E-state index in [0.717, 1.165) is 16.7 Å². The first-order valence-electron chi connectivity index (χ1n) is 12.3. The average molecular weight is 503 g/mol. The minimum absolute atomic E-state index is 0.0336. The smallest absolute Gasteiger partial charge is 0.290 e. The van der Waals surface area contributed by atoms with E-state index in [1.165, 1.54) is 11.0 Å². The van der Waals surface area contributed by atoms with Crippen molar-refractivity contribution in [2.75, 3.05) is 0 Å². The monoisotopic (exact) mass is 502 g/mol. The Kier molecular flexibility index (Phi) is 7.41. The number of nitrogens with zero attached hydrogens (tertiary/aromatic N) is 2. The van der Waals surface area contributed by atoms with Crippen molar-refractivity contribution < 1.29 is 19.4 Å². The summed E-state index contributed by atoms with van der Waals surface area (Å²) in [6.07, 6.45) is 6.38. The van der Waals surface area contributed by atoms with Gasteiger partial charge in [-0.25, -0.2) is 0 Å². The van der Waals surface area contributed by atoms with Crippen LogP contribution in [-0.2, 0) is 22.7 Å². The molecule has 0 radical (unpaired) electrons. The highest BCUT2D eigenvalue weighted by molar-refractivity contribution is 6.14. The SMILES string of the molecule is O=C(/C=C/c1ccccc1)C1=C(O)C(=O)N(Cc2cccnc2)C1c1cccc(OCc2ccccc2)c1. The normalized spacial score (nSPS) is 15.3. The summed E-state index contributed by atoms with van der Waals surface area (Å²) in [6.45, 7) is 0.551. The van der Waals surface area contributed by atoms with Gasteiger partial charge in [0.2, 0.25) is 0 Å². The molecule has 0 spiro atoms. The zero-order valence-electron chi connectivity index (χ0n) is 20.6. The van der Waals surface area contributed by atoms with Gasteiger partial charge in [-0.1, -0.05) is 84.9 Å². The molecule has 6 heteroatoms. The predicted molar refractivity (Wildman–Crippen MR) is 145 cm³/mol. The number of carbonyl (C=O) groups excluding carboxylic acids is 2. The molecule has 1 amide bonds. The number of allylic oxidation sites excluding steroid dienone is 1. The molecule has 5 rings (SSSR count). The van der Waals surface area contributed by atoms with Crippen LogP contribution in [0.2, 0.25) is 0 Å². The largest absolute Gasteiger partial charge is 0.503 e. The number of rotatable bonds is 9. The molecule has 0 bridgehead atoms. The number of aliphatic hydroxyl groups is 1. The van der Waals surface area contributed by atoms with E-state index in [4.69, 9.17) is 4.74 Å². The maximum atomic E-state index is 13.4. The number of amides is 1. The topological polar surface area (TPSA) is 79.7 Å². The zero-order chi connectivity index (χ0) is 26.3. The molecule has 2 heterocycles. The van der Waals surface area contributed by atoms with Gasteiger partial charge in [0.05, 0.1) is 11.6 Å². The second-order valence-electron chi connectivity index (χ2n) is 8.91. The molecule has 1 aliphatic heterocycles. The van der Waals surface area contributed by atoms with Crippen LogP contribution in [0.3, 0.4) is 0 Å². The van der Waals surface area contributed by atoms with Gasteiger partial charge in [-0.3, -0.25) is 14.6 Å². The van der Waals surface area contributed by atoms with E-state index in [-0.39, 0.29) is 12.1 Å². The van der Waals surface area contributed by atoms with Crippen LogP contribution in [0.25, 0.3) is 6.08 Å². The fourth-order valence-corrected chi connectivity index (χ4v) is 4.44. The minimum Gasteiger partial charge on any atom is -0.503 e. The van der Waals surface area contributed by atoms with Crippen molar-refractivity contribution >= 4 is 17.8 Å². The van der Waals surface area contributed by atoms with Crippen molar-refractivity contribution in [3.63, 3.8) is 0 Å². The average Bonchev–Trinajstić information content (AvgIpc) is 3.21. The van der Waals surface area contributed by atoms with E-state index in [9.17, 15) is 14.7 Å². The molecule has 0 fully saturated rings. The summed E-state index contributed by atoms with van der Waals surface area (Å²) in [5.41, 5.74) is 3.33. The lowest BCUT2D eigenvalue weighted by molar-refractivity contribution is -0.130. The van der Waals surface area contributed by atoms with Crippen molar-refractivity contribution in [1.82, 2.24) is 9.88 Å². The van der Waals surface area contributed by atoms with Crippen LogP contribution in [0.5, 0.6) is 5.75 Å². The Labute approximate surface area is 221 Å². The van der Waals surface area contributed by atoms with E-state index < -0.39 is 23.5 Å². The second-order valence-corrected chi connectivity index (χ2v) is 8.91. The number of hydrogen-bond acceptors (Lipinski definition) is 5. The molecular weight excluding hydrogens is 476 g/mol. The van der Waals surface area contributed by atoms with Gasteiger partial charge in [-0.05, 0) is 46.5 Å². The fourth-order valence-electron chi connectivity index (χ4n) is 4.44. The van der Waals surface area contributed by atoms with Gasteiger partial charge in [-0.15, -0.1) is 0 Å². The summed E-state index contributed by atoms with van der Waals surface area (Å²) in [6, 6.07) is 29.3. The molecule has 38 heavy (non-hydrogen) atoms. The predicted octanol–water partition coefficient (Wildman–Crippen LogP) is 5.84. The molecule has 0 saturated heterocycles. The Balaban J connectivity index is 1.48. The fraction of sp³-hybridized carbons (Fsp3) is 0.0938. The molecule has 1 N–H and O–H groups in total. The Morgan fingerprint density at radius 3 is 2.39 bits per heavy atom. The minimum atomic E-state index is -0.795. The lowest BCUT2D eigenvalue weighted by Gasteiger charge is -2.27. The second kappa shape index (κ2) is 11.4. The summed E-state index contributed by atoms with van der Waals surface area (Å²) >= 11 is 0. The summed E-state index contributed by atoms with van der Waals surface area (Å²) in [5.74, 6) is -0.990. The first kappa shape index (κ1) is 24.7. The molecule has 3 aromatic carbocycles. The van der Waals surface area contributed by atoms with Crippen LogP contribution in [0, 0.1) is 0 Å². The third-order valence-electron chi connectivity index (χ3n) is 6.29. The Morgan fingerprint density at radius 2 is 1.66 bits per heavy atom. The molecule has 1 atom stereocenters. The quantitative estimate of drug-likeness (QED) is 0.291. The van der Waals surface area contributed by atoms with Gasteiger partial charge in [0.25, 0.3) is 5.91 Å². The number of ketones is 1. The van der Waals surface area contributed by atoms with Crippen molar-refractivity contribution in [3.8, 4) is 5.75 Å². The zero-order valence-corrected chi connectivity index (χ0v) is 20.6. The van der Waals surface area contributed by atoms with E-state index in [1.54, 1.807) is 24.5 Å². The summed E-state index contributed by atoms with van der Waals surface area (Å²) < 4.78 is 6.01. The highest BCUT2D eigenvalue weighted by atomic mass is 16.5. The lowest BCUT2D eigenvalue weighted by atomic mass is 9.95. The van der Waals surface area contributed by atoms with Crippen LogP contribution in [0.4, 0.5) is 0 Å². The van der Waals surface area contributed by atoms with Crippen molar-refractivity contribution in [3.05, 3.63) is 149 Å². The number of ether oxygens (including phenoxy) is 1. The van der Waals surface area contributed by atoms with Gasteiger partial charge < -0.3 is 14.7 Å². The van der Waals surface area contributed by atoms with Crippen LogP contribution in [-0.4, -0.2) is 26.7 Å². The van der Waals surface area contributed by atoms with E-state index in [1.807, 2.05) is 91.0 Å². The third-order valence-corrected chi connectivity index (χ3v) is 6.29. The third kappa shape index (κ3) is 5.55. The van der Waals surface area contributed by atoms with Gasteiger partial charge in [-0.2, -0.15) is 0 Å². The molecule has 1 unspecified atom stereocenters. The highest BCUT2D eigenvalue weighted by Gasteiger charge is 2.43. The molecule has 0 saturated carbocycles. The van der Waals surface area contributed by atoms with Crippen molar-refractivity contribution in [1.29, 1.82) is 0 Å². The number of carbonyl (C=O) groups is 2. The molecular formula is C32H26N2O4. The van der Waals surface area contributed by atoms with E-state index >= 15 is 0 Å². The number of hydrogen-bond donors (Lipinski definition) is 1. The molecule has 4 aromatic rings. The first-order valence-corrected chi connectivity index (χ1v) is 12.3. The summed E-state index contributed by atoms with van der Waals surface area (Å²) in [4.78, 5) is 32.3. The van der Waals surface area contributed by atoms with Crippen LogP contribution >= 0.6 is 0 Å². The Bertz CT molecular complexity index is 1480. The van der Waals surface area contributed by atoms with Crippen LogP contribution in [0.15, 0.2) is 127 Å². The number of aromatic nitrogens is 1. The van der Waals surface area contributed by atoms with E-state index in [0.29, 0.717) is 17.9 Å². The van der Waals surface area contributed by atoms with Crippen molar-refractivity contribution in [2.24, 2.45) is 0 Å². The van der Waals surface area contributed by atoms with Gasteiger partial charge in [0.15, 0.2) is 11.5 Å². The Morgan fingerprint density at radius 1 is 0.921 bits per heavy atom. The van der Waals surface area contributed by atoms with Crippen molar-refractivity contribution in [2.45, 2.75) is 19.2 Å². The maximum Gasteiger partial charge on any atom is 0.290 e. The summed E-state index contributed by atoms with van der Waals surface area (Å²) in [5, 5.41) is 10.9. The Hall–Kier alpha value is -4.97. The lowest BCUT2D eigenvalue weighted by Crippen LogP contribution is -2.30. The molecule has 1 aromatic heterocycles. The van der Waals surface area contributed by atoms with Gasteiger partial charge in [0.1, 0.15) is 12.4 Å². The first-order chi connectivity index (χ1) is 18.6.